The van der Waals surface area contributed by atoms with Crippen LogP contribution in [0.1, 0.15) is 38.1 Å². The van der Waals surface area contributed by atoms with Crippen molar-refractivity contribution in [2.75, 3.05) is 7.11 Å². The van der Waals surface area contributed by atoms with Gasteiger partial charge in [0.05, 0.1) is 18.8 Å². The van der Waals surface area contributed by atoms with E-state index in [1.54, 1.807) is 18.0 Å². The number of allylic oxidation sites excluding steroid dienone is 2. The molecule has 7 heteroatoms. The van der Waals surface area contributed by atoms with Gasteiger partial charge in [0.2, 0.25) is 5.91 Å². The van der Waals surface area contributed by atoms with Gasteiger partial charge >= 0.3 is 0 Å². The van der Waals surface area contributed by atoms with Crippen molar-refractivity contribution in [1.82, 2.24) is 24.9 Å². The van der Waals surface area contributed by atoms with E-state index < -0.39 is 0 Å². The van der Waals surface area contributed by atoms with E-state index in [-0.39, 0.29) is 11.9 Å². The van der Waals surface area contributed by atoms with Crippen LogP contribution in [0.3, 0.4) is 0 Å². The lowest BCUT2D eigenvalue weighted by Crippen LogP contribution is -2.28. The highest BCUT2D eigenvalue weighted by atomic mass is 16.5. The van der Waals surface area contributed by atoms with Crippen molar-refractivity contribution in [2.45, 2.75) is 32.2 Å². The molecule has 1 N–H and O–H groups in total. The molecular weight excluding hydrogens is 354 g/mol. The molecule has 1 aliphatic rings. The summed E-state index contributed by atoms with van der Waals surface area (Å²) < 4.78 is 6.82. The molecule has 3 aromatic rings. The van der Waals surface area contributed by atoms with Gasteiger partial charge in [-0.1, -0.05) is 12.2 Å². The minimum atomic E-state index is -0.262. The number of amides is 1. The van der Waals surface area contributed by atoms with Gasteiger partial charge in [-0.25, -0.2) is 14.5 Å². The first-order valence-electron chi connectivity index (χ1n) is 9.45. The smallest absolute Gasteiger partial charge is 0.221 e. The lowest BCUT2D eigenvalue weighted by molar-refractivity contribution is -0.122. The van der Waals surface area contributed by atoms with Crippen LogP contribution in [0.15, 0.2) is 48.8 Å². The van der Waals surface area contributed by atoms with Crippen LogP contribution in [0.5, 0.6) is 5.75 Å². The van der Waals surface area contributed by atoms with Crippen LogP contribution in [0.2, 0.25) is 0 Å². The van der Waals surface area contributed by atoms with Gasteiger partial charge in [-0.05, 0) is 49.9 Å². The zero-order valence-corrected chi connectivity index (χ0v) is 16.0. The Labute approximate surface area is 163 Å². The molecule has 28 heavy (non-hydrogen) atoms. The maximum atomic E-state index is 12.3. The molecule has 2 atom stereocenters. The standard InChI is InChI=1S/C21H23N5O2/c1-14(23-20(27)11-15-5-3-4-6-15)21-24-19-12-18(22-13-26(19)25-21)16-7-9-17(28-2)10-8-16/h3,5,7-10,12-15H,4,6,11H2,1-2H3,(H,23,27)/t14-,15-/m0/s1. The van der Waals surface area contributed by atoms with Crippen molar-refractivity contribution in [3.8, 4) is 17.0 Å². The molecule has 0 saturated carbocycles. The molecular formula is C21H23N5O2. The van der Waals surface area contributed by atoms with Gasteiger partial charge in [-0.2, -0.15) is 0 Å². The van der Waals surface area contributed by atoms with Crippen molar-refractivity contribution in [3.05, 3.63) is 54.6 Å². The first-order valence-corrected chi connectivity index (χ1v) is 9.45. The average molecular weight is 377 g/mol. The number of aromatic nitrogens is 4. The molecule has 0 fully saturated rings. The first-order chi connectivity index (χ1) is 13.6. The number of carbonyl (C=O) groups excluding carboxylic acids is 1. The molecule has 4 rings (SSSR count). The van der Waals surface area contributed by atoms with E-state index in [0.717, 1.165) is 29.8 Å². The number of nitrogens with zero attached hydrogens (tertiary/aromatic N) is 4. The fourth-order valence-corrected chi connectivity index (χ4v) is 3.38. The summed E-state index contributed by atoms with van der Waals surface area (Å²) in [5, 5.41) is 7.45. The van der Waals surface area contributed by atoms with Gasteiger partial charge in [-0.15, -0.1) is 5.10 Å². The van der Waals surface area contributed by atoms with Crippen molar-refractivity contribution >= 4 is 11.6 Å². The van der Waals surface area contributed by atoms with E-state index in [1.807, 2.05) is 37.3 Å². The molecule has 7 nitrogen and oxygen atoms in total. The molecule has 0 bridgehead atoms. The number of fused-ring (bicyclic) bond motifs is 1. The summed E-state index contributed by atoms with van der Waals surface area (Å²) in [5.74, 6) is 1.74. The Balaban J connectivity index is 1.48. The monoisotopic (exact) mass is 377 g/mol. The largest absolute Gasteiger partial charge is 0.497 e. The SMILES string of the molecule is COc1ccc(-c2cc3nc([C@H](C)NC(=O)C[C@H]4C=CCC4)nn3cn2)cc1. The van der Waals surface area contributed by atoms with E-state index in [4.69, 9.17) is 4.74 Å². The highest BCUT2D eigenvalue weighted by Gasteiger charge is 2.18. The maximum absolute atomic E-state index is 12.3. The van der Waals surface area contributed by atoms with Crippen LogP contribution in [0, 0.1) is 5.92 Å². The number of rotatable bonds is 6. The Morgan fingerprint density at radius 3 is 2.89 bits per heavy atom. The van der Waals surface area contributed by atoms with Gasteiger partial charge < -0.3 is 10.1 Å². The fraction of sp³-hybridized carbons (Fsp3) is 0.333. The molecule has 0 aliphatic heterocycles. The maximum Gasteiger partial charge on any atom is 0.221 e. The summed E-state index contributed by atoms with van der Waals surface area (Å²) in [6.45, 7) is 1.90. The minimum Gasteiger partial charge on any atom is -0.497 e. The third kappa shape index (κ3) is 3.88. The Hall–Kier alpha value is -3.22. The van der Waals surface area contributed by atoms with Crippen molar-refractivity contribution in [3.63, 3.8) is 0 Å². The molecule has 2 aromatic heterocycles. The van der Waals surface area contributed by atoms with Gasteiger partial charge in [0, 0.05) is 18.1 Å². The Morgan fingerprint density at radius 1 is 1.36 bits per heavy atom. The predicted molar refractivity (Wildman–Crippen MR) is 106 cm³/mol. The zero-order valence-electron chi connectivity index (χ0n) is 16.0. The summed E-state index contributed by atoms with van der Waals surface area (Å²) >= 11 is 0. The molecule has 144 valence electrons. The van der Waals surface area contributed by atoms with E-state index in [2.05, 4.69) is 32.5 Å². The summed E-state index contributed by atoms with van der Waals surface area (Å²) in [6.07, 6.45) is 8.53. The van der Waals surface area contributed by atoms with Crippen molar-refractivity contribution in [2.24, 2.45) is 5.92 Å². The predicted octanol–water partition coefficient (Wildman–Crippen LogP) is 3.33. The second kappa shape index (κ2) is 7.80. The normalized spacial score (nSPS) is 17.0. The molecule has 2 heterocycles. The minimum absolute atomic E-state index is 0.0277. The molecule has 1 aliphatic carbocycles. The number of ether oxygens (including phenoxy) is 1. The highest BCUT2D eigenvalue weighted by molar-refractivity contribution is 5.76. The summed E-state index contributed by atoms with van der Waals surface area (Å²) in [5.41, 5.74) is 2.47. The van der Waals surface area contributed by atoms with Gasteiger partial charge in [0.15, 0.2) is 11.5 Å². The number of carbonyl (C=O) groups is 1. The molecule has 0 spiro atoms. The first kappa shape index (κ1) is 18.2. The number of methoxy groups -OCH3 is 1. The lowest BCUT2D eigenvalue weighted by atomic mass is 10.0. The number of benzene rings is 1. The van der Waals surface area contributed by atoms with Crippen LogP contribution < -0.4 is 10.1 Å². The Bertz CT molecular complexity index is 1010. The molecule has 0 radical (unpaired) electrons. The van der Waals surface area contributed by atoms with Crippen LogP contribution in [0.25, 0.3) is 16.9 Å². The summed E-state index contributed by atoms with van der Waals surface area (Å²) in [6, 6.07) is 9.32. The van der Waals surface area contributed by atoms with E-state index in [1.165, 1.54) is 0 Å². The number of nitrogens with one attached hydrogen (secondary N) is 1. The molecule has 1 aromatic carbocycles. The average Bonchev–Trinajstić information content (AvgIpc) is 3.36. The highest BCUT2D eigenvalue weighted by Crippen LogP contribution is 2.22. The van der Waals surface area contributed by atoms with Crippen LogP contribution in [0.4, 0.5) is 0 Å². The van der Waals surface area contributed by atoms with Gasteiger partial charge in [0.25, 0.3) is 0 Å². The quantitative estimate of drug-likeness (QED) is 0.667. The summed E-state index contributed by atoms with van der Waals surface area (Å²) in [7, 11) is 1.64. The molecule has 0 saturated heterocycles. The zero-order chi connectivity index (χ0) is 19.5. The number of hydrogen-bond acceptors (Lipinski definition) is 5. The van der Waals surface area contributed by atoms with Crippen molar-refractivity contribution in [1.29, 1.82) is 0 Å². The second-order valence-electron chi connectivity index (χ2n) is 7.03. The Kier molecular flexibility index (Phi) is 5.06. The van der Waals surface area contributed by atoms with E-state index in [0.29, 0.717) is 23.8 Å². The topological polar surface area (TPSA) is 81.4 Å². The fourth-order valence-electron chi connectivity index (χ4n) is 3.38. The van der Waals surface area contributed by atoms with Crippen LogP contribution >= 0.6 is 0 Å². The lowest BCUT2D eigenvalue weighted by Gasteiger charge is -2.12. The summed E-state index contributed by atoms with van der Waals surface area (Å²) in [4.78, 5) is 21.3. The van der Waals surface area contributed by atoms with E-state index >= 15 is 0 Å². The third-order valence-corrected chi connectivity index (χ3v) is 4.96. The van der Waals surface area contributed by atoms with Gasteiger partial charge in [-0.3, -0.25) is 4.79 Å². The van der Waals surface area contributed by atoms with Gasteiger partial charge in [0.1, 0.15) is 12.1 Å². The Morgan fingerprint density at radius 2 is 2.18 bits per heavy atom. The number of hydrogen-bond donors (Lipinski definition) is 1. The van der Waals surface area contributed by atoms with Crippen LogP contribution in [-0.2, 0) is 4.79 Å². The second-order valence-corrected chi connectivity index (χ2v) is 7.03. The van der Waals surface area contributed by atoms with Crippen molar-refractivity contribution < 1.29 is 9.53 Å². The molecule has 1 amide bonds. The third-order valence-electron chi connectivity index (χ3n) is 4.96. The van der Waals surface area contributed by atoms with Crippen LogP contribution in [-0.4, -0.2) is 32.6 Å². The molecule has 0 unspecified atom stereocenters. The van der Waals surface area contributed by atoms with E-state index in [9.17, 15) is 4.79 Å².